The molecular weight excluding hydrogens is 242 g/mol. The number of allylic oxidation sites excluding steroid dienone is 6. The summed E-state index contributed by atoms with van der Waals surface area (Å²) in [5.74, 6) is 0. The lowest BCUT2D eigenvalue weighted by Crippen LogP contribution is -1.93. The number of benzene rings is 2. The number of aromatic nitrogens is 1. The van der Waals surface area contributed by atoms with Crippen LogP contribution in [0.25, 0.3) is 27.5 Å². The van der Waals surface area contributed by atoms with Gasteiger partial charge in [0.25, 0.3) is 0 Å². The normalized spacial score (nSPS) is 14.7. The average Bonchev–Trinajstić information content (AvgIpc) is 2.65. The van der Waals surface area contributed by atoms with E-state index in [1.54, 1.807) is 0 Å². The maximum atomic E-state index is 2.34. The van der Waals surface area contributed by atoms with E-state index in [-0.39, 0.29) is 0 Å². The summed E-state index contributed by atoms with van der Waals surface area (Å²) in [7, 11) is 0. The van der Waals surface area contributed by atoms with Gasteiger partial charge in [-0.3, -0.25) is 0 Å². The first-order valence-corrected chi connectivity index (χ1v) is 6.97. The van der Waals surface area contributed by atoms with Gasteiger partial charge in [0, 0.05) is 16.5 Å². The quantitative estimate of drug-likeness (QED) is 0.568. The van der Waals surface area contributed by atoms with Gasteiger partial charge in [0.15, 0.2) is 0 Å². The van der Waals surface area contributed by atoms with Crippen LogP contribution in [0, 0.1) is 0 Å². The van der Waals surface area contributed by atoms with Crippen LogP contribution in [0.4, 0.5) is 0 Å². The van der Waals surface area contributed by atoms with Crippen LogP contribution in [0.2, 0.25) is 0 Å². The minimum atomic E-state index is 0.997. The monoisotopic (exact) mass is 257 g/mol. The Hall–Kier alpha value is -2.54. The fourth-order valence-corrected chi connectivity index (χ4v) is 2.92. The molecule has 0 atom stereocenters. The van der Waals surface area contributed by atoms with E-state index in [9.17, 15) is 0 Å². The Labute approximate surface area is 118 Å². The highest BCUT2D eigenvalue weighted by Crippen LogP contribution is 2.32. The minimum Gasteiger partial charge on any atom is -0.309 e. The van der Waals surface area contributed by atoms with Crippen molar-refractivity contribution in [2.24, 2.45) is 0 Å². The van der Waals surface area contributed by atoms with Crippen molar-refractivity contribution in [1.29, 1.82) is 0 Å². The third-order valence-corrected chi connectivity index (χ3v) is 3.80. The highest BCUT2D eigenvalue weighted by atomic mass is 15.0. The molecule has 0 bridgehead atoms. The van der Waals surface area contributed by atoms with Crippen LogP contribution in [0.5, 0.6) is 0 Å². The van der Waals surface area contributed by atoms with Crippen molar-refractivity contribution in [3.63, 3.8) is 0 Å². The molecule has 1 aromatic heterocycles. The second-order valence-electron chi connectivity index (χ2n) is 5.03. The zero-order valence-corrected chi connectivity index (χ0v) is 11.2. The molecule has 0 saturated heterocycles. The standard InChI is InChI=1S/C19H15N/c1-2-4-10-15(9-3-1)20-18-13-7-5-11-16(18)17-12-6-8-14-19(17)20/h1,3-14H,2H2. The summed E-state index contributed by atoms with van der Waals surface area (Å²) in [5.41, 5.74) is 3.75. The molecule has 1 heterocycles. The number of para-hydroxylation sites is 2. The van der Waals surface area contributed by atoms with Gasteiger partial charge in [0.05, 0.1) is 11.0 Å². The van der Waals surface area contributed by atoms with E-state index >= 15 is 0 Å². The summed E-state index contributed by atoms with van der Waals surface area (Å²) in [5, 5.41) is 2.62. The van der Waals surface area contributed by atoms with Crippen LogP contribution < -0.4 is 0 Å². The molecule has 96 valence electrons. The van der Waals surface area contributed by atoms with Crippen LogP contribution in [0.3, 0.4) is 0 Å². The van der Waals surface area contributed by atoms with Crippen molar-refractivity contribution >= 4 is 27.5 Å². The number of hydrogen-bond acceptors (Lipinski definition) is 0. The molecule has 0 radical (unpaired) electrons. The lowest BCUT2D eigenvalue weighted by atomic mass is 10.2. The zero-order chi connectivity index (χ0) is 13.4. The maximum Gasteiger partial charge on any atom is 0.0541 e. The van der Waals surface area contributed by atoms with E-state index in [2.05, 4.69) is 83.5 Å². The number of hydrogen-bond donors (Lipinski definition) is 0. The Balaban J connectivity index is 2.15. The predicted molar refractivity (Wildman–Crippen MR) is 86.6 cm³/mol. The smallest absolute Gasteiger partial charge is 0.0541 e. The summed E-state index contributed by atoms with van der Waals surface area (Å²) in [6, 6.07) is 17.2. The minimum absolute atomic E-state index is 0.997. The van der Waals surface area contributed by atoms with E-state index in [1.165, 1.54) is 27.5 Å². The summed E-state index contributed by atoms with van der Waals surface area (Å²) in [6.07, 6.45) is 11.9. The highest BCUT2D eigenvalue weighted by Gasteiger charge is 2.11. The van der Waals surface area contributed by atoms with E-state index in [0.717, 1.165) is 6.42 Å². The Kier molecular flexibility index (Phi) is 2.56. The van der Waals surface area contributed by atoms with Gasteiger partial charge in [-0.25, -0.2) is 0 Å². The first-order valence-electron chi connectivity index (χ1n) is 6.97. The molecule has 0 amide bonds. The van der Waals surface area contributed by atoms with E-state index in [1.807, 2.05) is 0 Å². The molecule has 20 heavy (non-hydrogen) atoms. The van der Waals surface area contributed by atoms with Crippen molar-refractivity contribution in [3.8, 4) is 0 Å². The third-order valence-electron chi connectivity index (χ3n) is 3.80. The van der Waals surface area contributed by atoms with Crippen LogP contribution >= 0.6 is 0 Å². The fourth-order valence-electron chi connectivity index (χ4n) is 2.92. The Morgan fingerprint density at radius 1 is 0.750 bits per heavy atom. The SMILES string of the molecule is C1=CCC=CC(n2c3ccccc3c3ccccc32)=C1. The highest BCUT2D eigenvalue weighted by molar-refractivity contribution is 6.10. The average molecular weight is 257 g/mol. The van der Waals surface area contributed by atoms with Gasteiger partial charge in [0.2, 0.25) is 0 Å². The van der Waals surface area contributed by atoms with Gasteiger partial charge in [-0.1, -0.05) is 54.6 Å². The van der Waals surface area contributed by atoms with Crippen molar-refractivity contribution < 1.29 is 0 Å². The summed E-state index contributed by atoms with van der Waals surface area (Å²) in [6.45, 7) is 0. The topological polar surface area (TPSA) is 4.93 Å². The molecule has 0 unspecified atom stereocenters. The van der Waals surface area contributed by atoms with Gasteiger partial charge in [-0.2, -0.15) is 0 Å². The van der Waals surface area contributed by atoms with Crippen LogP contribution in [-0.2, 0) is 0 Å². The molecule has 0 aliphatic heterocycles. The number of fused-ring (bicyclic) bond motifs is 3. The fraction of sp³-hybridized carbons (Fsp3) is 0.0526. The molecule has 0 N–H and O–H groups in total. The molecule has 1 heteroatoms. The van der Waals surface area contributed by atoms with Gasteiger partial charge < -0.3 is 4.57 Å². The summed E-state index contributed by atoms with van der Waals surface area (Å²) < 4.78 is 2.34. The Morgan fingerprint density at radius 3 is 2.10 bits per heavy atom. The molecule has 2 aromatic carbocycles. The zero-order valence-electron chi connectivity index (χ0n) is 11.2. The molecule has 1 aliphatic carbocycles. The number of nitrogens with zero attached hydrogens (tertiary/aromatic N) is 1. The van der Waals surface area contributed by atoms with Crippen LogP contribution in [-0.4, -0.2) is 4.57 Å². The maximum absolute atomic E-state index is 2.34. The van der Waals surface area contributed by atoms with Crippen molar-refractivity contribution in [2.75, 3.05) is 0 Å². The Bertz CT molecular complexity index is 822. The van der Waals surface area contributed by atoms with Gasteiger partial charge in [-0.15, -0.1) is 0 Å². The third kappa shape index (κ3) is 1.64. The van der Waals surface area contributed by atoms with Gasteiger partial charge in [-0.05, 0) is 30.7 Å². The van der Waals surface area contributed by atoms with Crippen LogP contribution in [0.15, 0.2) is 78.9 Å². The van der Waals surface area contributed by atoms with Gasteiger partial charge in [0.1, 0.15) is 0 Å². The largest absolute Gasteiger partial charge is 0.309 e. The van der Waals surface area contributed by atoms with E-state index in [0.29, 0.717) is 0 Å². The lowest BCUT2D eigenvalue weighted by molar-refractivity contribution is 1.24. The second-order valence-corrected chi connectivity index (χ2v) is 5.03. The molecule has 0 spiro atoms. The molecular formula is C19H15N. The molecule has 0 fully saturated rings. The van der Waals surface area contributed by atoms with E-state index < -0.39 is 0 Å². The van der Waals surface area contributed by atoms with Crippen LogP contribution in [0.1, 0.15) is 6.42 Å². The molecule has 3 aromatic rings. The molecule has 0 saturated carbocycles. The molecule has 1 aliphatic rings. The van der Waals surface area contributed by atoms with Crippen molar-refractivity contribution in [2.45, 2.75) is 6.42 Å². The first kappa shape index (κ1) is 11.3. The Morgan fingerprint density at radius 2 is 1.40 bits per heavy atom. The lowest BCUT2D eigenvalue weighted by Gasteiger charge is -2.07. The first-order chi connectivity index (χ1) is 9.95. The number of rotatable bonds is 1. The summed E-state index contributed by atoms with van der Waals surface area (Å²) >= 11 is 0. The van der Waals surface area contributed by atoms with Gasteiger partial charge >= 0.3 is 0 Å². The molecule has 4 rings (SSSR count). The van der Waals surface area contributed by atoms with Crippen molar-refractivity contribution in [3.05, 3.63) is 78.9 Å². The molecule has 1 nitrogen and oxygen atoms in total. The second kappa shape index (κ2) is 4.53. The van der Waals surface area contributed by atoms with E-state index in [4.69, 9.17) is 0 Å². The summed E-state index contributed by atoms with van der Waals surface area (Å²) in [4.78, 5) is 0. The predicted octanol–water partition coefficient (Wildman–Crippen LogP) is 5.15. The van der Waals surface area contributed by atoms with Crippen molar-refractivity contribution in [1.82, 2.24) is 4.57 Å².